The average molecular weight is 494 g/mol. The lowest BCUT2D eigenvalue weighted by Gasteiger charge is -2.08. The Hall–Kier alpha value is -2.00. The third-order valence-electron chi connectivity index (χ3n) is 5.07. The van der Waals surface area contributed by atoms with Crippen molar-refractivity contribution in [2.75, 3.05) is 25.1 Å². The number of alkyl carbamates (subject to hydrolysis) is 1. The summed E-state index contributed by atoms with van der Waals surface area (Å²) in [4.78, 5) is 24.6. The van der Waals surface area contributed by atoms with Gasteiger partial charge < -0.3 is 20.4 Å². The molecule has 3 aromatic rings. The number of aldehydes is 1. The molecule has 172 valence electrons. The standard InChI is InChI=1S/C11H15N.C7H4ClNOS.C5H9NO2S/c1-2-12-11-7-9-5-3-4-6-10(9)8-11;8-6-2-4-1-5(3-10)9-7(4)11-6;1-9-3-4-2-6-5(7)8-4/h3-6,11-12H,2,7-8H2,1H3;1-3,9H;4H,2-3H2,1H3,(H,6,7). The summed E-state index contributed by atoms with van der Waals surface area (Å²) in [5.74, 6) is 0.888. The first kappa shape index (κ1) is 24.6. The van der Waals surface area contributed by atoms with Crippen LogP contribution in [0, 0.1) is 0 Å². The van der Waals surface area contributed by atoms with Gasteiger partial charge in [-0.25, -0.2) is 4.79 Å². The molecule has 1 atom stereocenters. The van der Waals surface area contributed by atoms with E-state index >= 15 is 0 Å². The summed E-state index contributed by atoms with van der Waals surface area (Å²) in [6.45, 7) is 3.92. The first-order valence-electron chi connectivity index (χ1n) is 10.5. The number of cyclic esters (lactones) is 1. The molecule has 0 saturated carbocycles. The minimum atomic E-state index is -0.283. The van der Waals surface area contributed by atoms with E-state index in [1.54, 1.807) is 17.8 Å². The van der Waals surface area contributed by atoms with Crippen LogP contribution in [0.4, 0.5) is 4.79 Å². The maximum Gasteiger partial charge on any atom is 0.407 e. The van der Waals surface area contributed by atoms with Gasteiger partial charge in [0.2, 0.25) is 0 Å². The van der Waals surface area contributed by atoms with Crippen LogP contribution in [0.25, 0.3) is 10.2 Å². The smallest absolute Gasteiger partial charge is 0.407 e. The van der Waals surface area contributed by atoms with Crippen LogP contribution in [0.5, 0.6) is 0 Å². The van der Waals surface area contributed by atoms with Gasteiger partial charge in [-0.2, -0.15) is 11.8 Å². The summed E-state index contributed by atoms with van der Waals surface area (Å²) in [7, 11) is 0. The van der Waals surface area contributed by atoms with Gasteiger partial charge in [0.05, 0.1) is 16.6 Å². The normalized spacial score (nSPS) is 17.0. The van der Waals surface area contributed by atoms with Gasteiger partial charge in [-0.15, -0.1) is 11.3 Å². The lowest BCUT2D eigenvalue weighted by molar-refractivity contribution is 0.111. The first-order valence-corrected chi connectivity index (χ1v) is 13.1. The number of aromatic nitrogens is 1. The number of nitrogens with one attached hydrogen (secondary N) is 3. The molecular formula is C23H28ClN3O3S2. The van der Waals surface area contributed by atoms with Crippen LogP contribution in [0.15, 0.2) is 36.4 Å². The quantitative estimate of drug-likeness (QED) is 0.439. The van der Waals surface area contributed by atoms with Crippen molar-refractivity contribution in [1.29, 1.82) is 0 Å². The number of carbonyl (C=O) groups is 2. The lowest BCUT2D eigenvalue weighted by Crippen LogP contribution is -2.28. The zero-order valence-corrected chi connectivity index (χ0v) is 20.5. The molecular weight excluding hydrogens is 466 g/mol. The number of H-pyrrole nitrogens is 1. The fourth-order valence-corrected chi connectivity index (χ4v) is 5.37. The minimum Gasteiger partial charge on any atom is -0.443 e. The van der Waals surface area contributed by atoms with Crippen molar-refractivity contribution in [3.63, 3.8) is 0 Å². The molecule has 1 aliphatic heterocycles. The summed E-state index contributed by atoms with van der Waals surface area (Å²) in [5.41, 5.74) is 3.66. The Morgan fingerprint density at radius 2 is 2.00 bits per heavy atom. The molecule has 1 unspecified atom stereocenters. The third-order valence-corrected chi connectivity index (χ3v) is 6.97. The van der Waals surface area contributed by atoms with Crippen molar-refractivity contribution in [1.82, 2.24) is 15.6 Å². The molecule has 3 N–H and O–H groups in total. The van der Waals surface area contributed by atoms with Gasteiger partial charge in [0.25, 0.3) is 0 Å². The molecule has 0 bridgehead atoms. The second kappa shape index (κ2) is 12.3. The molecule has 1 aromatic carbocycles. The van der Waals surface area contributed by atoms with Gasteiger partial charge in [-0.3, -0.25) is 4.79 Å². The van der Waals surface area contributed by atoms with E-state index in [2.05, 4.69) is 46.8 Å². The number of rotatable bonds is 5. The molecule has 3 heterocycles. The monoisotopic (exact) mass is 493 g/mol. The van der Waals surface area contributed by atoms with Gasteiger partial charge in [0.15, 0.2) is 6.29 Å². The van der Waals surface area contributed by atoms with Crippen molar-refractivity contribution in [2.24, 2.45) is 0 Å². The van der Waals surface area contributed by atoms with Crippen molar-refractivity contribution < 1.29 is 14.3 Å². The molecule has 1 fully saturated rings. The van der Waals surface area contributed by atoms with Crippen molar-refractivity contribution in [3.05, 3.63) is 57.6 Å². The Morgan fingerprint density at radius 3 is 2.53 bits per heavy atom. The van der Waals surface area contributed by atoms with E-state index in [4.69, 9.17) is 16.3 Å². The van der Waals surface area contributed by atoms with E-state index in [0.717, 1.165) is 33.1 Å². The Balaban J connectivity index is 0.000000137. The zero-order valence-electron chi connectivity index (χ0n) is 18.2. The fourth-order valence-electron chi connectivity index (χ4n) is 3.68. The van der Waals surface area contributed by atoms with E-state index in [1.165, 1.54) is 35.3 Å². The number of halogens is 1. The van der Waals surface area contributed by atoms with Crippen LogP contribution in [-0.4, -0.2) is 54.6 Å². The van der Waals surface area contributed by atoms with E-state index in [0.29, 0.717) is 18.3 Å². The SMILES string of the molecule is CCNC1Cc2ccccc2C1.CSCC1CNC(=O)O1.O=Cc1cc2cc(Cl)sc2[nH]1. The minimum absolute atomic E-state index is 0.0903. The van der Waals surface area contributed by atoms with E-state index in [1.807, 2.05) is 12.3 Å². The molecule has 1 aliphatic carbocycles. The number of fused-ring (bicyclic) bond motifs is 2. The van der Waals surface area contributed by atoms with Crippen LogP contribution in [0.1, 0.15) is 28.5 Å². The Labute approximate surface area is 201 Å². The maximum atomic E-state index is 10.4. The van der Waals surface area contributed by atoms with Crippen LogP contribution >= 0.6 is 34.7 Å². The summed E-state index contributed by atoms with van der Waals surface area (Å²) < 4.78 is 5.57. The predicted molar refractivity (Wildman–Crippen MR) is 135 cm³/mol. The van der Waals surface area contributed by atoms with E-state index < -0.39 is 0 Å². The zero-order chi connectivity index (χ0) is 22.9. The highest BCUT2D eigenvalue weighted by molar-refractivity contribution is 7.98. The lowest BCUT2D eigenvalue weighted by atomic mass is 10.1. The van der Waals surface area contributed by atoms with Crippen molar-refractivity contribution in [2.45, 2.75) is 31.9 Å². The molecule has 2 aromatic heterocycles. The Kier molecular flexibility index (Phi) is 9.47. The first-order chi connectivity index (χ1) is 15.5. The second-order valence-corrected chi connectivity index (χ2v) is 10.1. The van der Waals surface area contributed by atoms with E-state index in [9.17, 15) is 9.59 Å². The number of aromatic amines is 1. The highest BCUT2D eigenvalue weighted by Gasteiger charge is 2.21. The molecule has 32 heavy (non-hydrogen) atoms. The van der Waals surface area contributed by atoms with E-state index in [-0.39, 0.29) is 12.2 Å². The molecule has 0 spiro atoms. The molecule has 1 saturated heterocycles. The maximum absolute atomic E-state index is 10.4. The number of ether oxygens (including phenoxy) is 1. The van der Waals surface area contributed by atoms with Gasteiger partial charge in [0.1, 0.15) is 10.9 Å². The average Bonchev–Trinajstić information content (AvgIpc) is 3.52. The highest BCUT2D eigenvalue weighted by atomic mass is 35.5. The molecule has 1 amide bonds. The van der Waals surface area contributed by atoms with Crippen LogP contribution < -0.4 is 10.6 Å². The number of amides is 1. The van der Waals surface area contributed by atoms with Crippen molar-refractivity contribution in [3.8, 4) is 0 Å². The number of benzene rings is 1. The summed E-state index contributed by atoms with van der Waals surface area (Å²) in [5, 5.41) is 7.07. The number of likely N-dealkylation sites (N-methyl/N-ethyl adjacent to an activating group) is 1. The van der Waals surface area contributed by atoms with Crippen LogP contribution in [0.2, 0.25) is 4.34 Å². The third kappa shape index (κ3) is 7.00. The van der Waals surface area contributed by atoms with Crippen molar-refractivity contribution >= 4 is 57.3 Å². The van der Waals surface area contributed by atoms with Gasteiger partial charge in [0, 0.05) is 17.2 Å². The number of hydrogen-bond donors (Lipinski definition) is 3. The summed E-state index contributed by atoms with van der Waals surface area (Å²) in [6.07, 6.45) is 5.02. The second-order valence-electron chi connectivity index (χ2n) is 7.47. The van der Waals surface area contributed by atoms with Crippen LogP contribution in [-0.2, 0) is 17.6 Å². The predicted octanol–water partition coefficient (Wildman–Crippen LogP) is 4.92. The number of thioether (sulfide) groups is 1. The van der Waals surface area contributed by atoms with Gasteiger partial charge >= 0.3 is 6.09 Å². The largest absolute Gasteiger partial charge is 0.443 e. The van der Waals surface area contributed by atoms with Gasteiger partial charge in [-0.1, -0.05) is 42.8 Å². The molecule has 9 heteroatoms. The van der Waals surface area contributed by atoms with Gasteiger partial charge in [-0.05, 0) is 48.9 Å². The summed E-state index contributed by atoms with van der Waals surface area (Å²) in [6, 6.07) is 13.1. The fraction of sp³-hybridized carbons (Fsp3) is 0.391. The number of hydrogen-bond acceptors (Lipinski definition) is 6. The molecule has 2 aliphatic rings. The van der Waals surface area contributed by atoms with Crippen LogP contribution in [0.3, 0.4) is 0 Å². The molecule has 6 nitrogen and oxygen atoms in total. The molecule has 0 radical (unpaired) electrons. The highest BCUT2D eigenvalue weighted by Crippen LogP contribution is 2.28. The topological polar surface area (TPSA) is 83.2 Å². The Bertz CT molecular complexity index is 980. The number of carbonyl (C=O) groups excluding carboxylic acids is 2. The number of thiophene rings is 1. The molecule has 5 rings (SSSR count). The Morgan fingerprint density at radius 1 is 1.28 bits per heavy atom. The summed E-state index contributed by atoms with van der Waals surface area (Å²) >= 11 is 8.85.